The molecule has 24 heavy (non-hydrogen) atoms. The molecule has 0 aliphatic carbocycles. The van der Waals surface area contributed by atoms with E-state index >= 15 is 0 Å². The average molecular weight is 331 g/mol. The third-order valence-electron chi connectivity index (χ3n) is 4.95. The van der Waals surface area contributed by atoms with Crippen LogP contribution in [-0.2, 0) is 14.3 Å². The van der Waals surface area contributed by atoms with Gasteiger partial charge < -0.3 is 20.3 Å². The zero-order valence-electron chi connectivity index (χ0n) is 14.1. The molecule has 0 radical (unpaired) electrons. The van der Waals surface area contributed by atoms with Gasteiger partial charge in [0.25, 0.3) is 0 Å². The minimum Gasteiger partial charge on any atom is -0.384 e. The number of piperidine rings is 1. The average Bonchev–Trinajstić information content (AvgIpc) is 3.02. The number of benzene rings is 1. The van der Waals surface area contributed by atoms with E-state index in [0.29, 0.717) is 13.0 Å². The van der Waals surface area contributed by atoms with Gasteiger partial charge in [-0.2, -0.15) is 0 Å². The molecule has 0 spiro atoms. The van der Waals surface area contributed by atoms with E-state index in [-0.39, 0.29) is 11.8 Å². The van der Waals surface area contributed by atoms with E-state index in [9.17, 15) is 9.59 Å². The molecule has 130 valence electrons. The molecule has 1 aromatic carbocycles. The quantitative estimate of drug-likeness (QED) is 0.863. The van der Waals surface area contributed by atoms with Crippen LogP contribution >= 0.6 is 0 Å². The van der Waals surface area contributed by atoms with E-state index in [4.69, 9.17) is 4.74 Å². The predicted molar refractivity (Wildman–Crippen MR) is 93.1 cm³/mol. The summed E-state index contributed by atoms with van der Waals surface area (Å²) < 4.78 is 5.32. The largest absolute Gasteiger partial charge is 0.384 e. The molecular weight excluding hydrogens is 306 g/mol. The number of amides is 2. The van der Waals surface area contributed by atoms with Gasteiger partial charge in [0.2, 0.25) is 11.8 Å². The molecule has 3 rings (SSSR count). The number of carbonyl (C=O) groups is 2. The van der Waals surface area contributed by atoms with Crippen LogP contribution in [0.25, 0.3) is 0 Å². The zero-order valence-corrected chi connectivity index (χ0v) is 14.1. The van der Waals surface area contributed by atoms with E-state index in [1.165, 1.54) is 0 Å². The Labute approximate surface area is 142 Å². The Hall–Kier alpha value is -1.92. The molecule has 2 saturated heterocycles. The van der Waals surface area contributed by atoms with Crippen molar-refractivity contribution in [2.24, 2.45) is 5.41 Å². The van der Waals surface area contributed by atoms with Gasteiger partial charge in [0.05, 0.1) is 12.0 Å². The first kappa shape index (κ1) is 16.9. The van der Waals surface area contributed by atoms with Gasteiger partial charge in [0.15, 0.2) is 0 Å². The number of anilines is 2. The maximum atomic E-state index is 12.9. The van der Waals surface area contributed by atoms with Crippen molar-refractivity contribution < 1.29 is 14.3 Å². The topological polar surface area (TPSA) is 70.7 Å². The number of methoxy groups -OCH3 is 1. The number of ether oxygens (including phenoxy) is 1. The number of nitrogens with one attached hydrogen (secondary N) is 2. The number of rotatable bonds is 5. The van der Waals surface area contributed by atoms with Crippen LogP contribution in [0.3, 0.4) is 0 Å². The van der Waals surface area contributed by atoms with Gasteiger partial charge in [0, 0.05) is 31.5 Å². The van der Waals surface area contributed by atoms with Crippen LogP contribution in [0.2, 0.25) is 0 Å². The van der Waals surface area contributed by atoms with Gasteiger partial charge in [-0.3, -0.25) is 9.59 Å². The van der Waals surface area contributed by atoms with Crippen LogP contribution in [0.15, 0.2) is 24.3 Å². The second-order valence-electron chi connectivity index (χ2n) is 6.62. The number of nitrogens with zero attached hydrogens (tertiary/aromatic N) is 1. The van der Waals surface area contributed by atoms with Gasteiger partial charge in [0.1, 0.15) is 0 Å². The Morgan fingerprint density at radius 2 is 2.17 bits per heavy atom. The third-order valence-corrected chi connectivity index (χ3v) is 4.95. The number of hydrogen-bond donors (Lipinski definition) is 2. The van der Waals surface area contributed by atoms with Gasteiger partial charge in [-0.15, -0.1) is 0 Å². The monoisotopic (exact) mass is 331 g/mol. The minimum atomic E-state index is -0.487. The van der Waals surface area contributed by atoms with Crippen molar-refractivity contribution in [2.45, 2.75) is 25.7 Å². The smallest absolute Gasteiger partial charge is 0.233 e. The first-order valence-electron chi connectivity index (χ1n) is 8.56. The Kier molecular flexibility index (Phi) is 5.16. The fourth-order valence-electron chi connectivity index (χ4n) is 3.55. The van der Waals surface area contributed by atoms with Crippen molar-refractivity contribution in [1.82, 2.24) is 5.32 Å². The summed E-state index contributed by atoms with van der Waals surface area (Å²) >= 11 is 0. The first-order chi connectivity index (χ1) is 11.6. The summed E-state index contributed by atoms with van der Waals surface area (Å²) in [6.45, 7) is 2.80. The molecule has 6 nitrogen and oxygen atoms in total. The number of carbonyl (C=O) groups excluding carboxylic acids is 2. The van der Waals surface area contributed by atoms with E-state index in [1.54, 1.807) is 12.0 Å². The van der Waals surface area contributed by atoms with E-state index < -0.39 is 5.41 Å². The van der Waals surface area contributed by atoms with Crippen molar-refractivity contribution in [2.75, 3.05) is 43.6 Å². The fraction of sp³-hybridized carbons (Fsp3) is 0.556. The van der Waals surface area contributed by atoms with Crippen LogP contribution in [0.1, 0.15) is 25.7 Å². The summed E-state index contributed by atoms with van der Waals surface area (Å²) in [6, 6.07) is 7.53. The molecule has 2 heterocycles. The summed E-state index contributed by atoms with van der Waals surface area (Å²) in [5.41, 5.74) is 1.09. The standard InChI is InChI=1S/C18H25N3O3/c1-24-13-18(7-9-19-10-8-18)17(23)20-14-4-2-5-15(12-14)21-11-3-6-16(21)22/h2,4-5,12,19H,3,6-11,13H2,1H3,(H,20,23). The Morgan fingerprint density at radius 1 is 1.38 bits per heavy atom. The molecule has 0 saturated carbocycles. The van der Waals surface area contributed by atoms with Crippen LogP contribution < -0.4 is 15.5 Å². The van der Waals surface area contributed by atoms with Crippen LogP contribution in [-0.4, -0.2) is 45.2 Å². The van der Waals surface area contributed by atoms with Gasteiger partial charge in [-0.1, -0.05) is 6.07 Å². The van der Waals surface area contributed by atoms with Crippen molar-refractivity contribution in [3.05, 3.63) is 24.3 Å². The van der Waals surface area contributed by atoms with Crippen LogP contribution in [0.4, 0.5) is 11.4 Å². The Bertz CT molecular complexity index is 606. The molecule has 0 aromatic heterocycles. The lowest BCUT2D eigenvalue weighted by molar-refractivity contribution is -0.130. The maximum absolute atomic E-state index is 12.9. The molecule has 2 N–H and O–H groups in total. The summed E-state index contributed by atoms with van der Waals surface area (Å²) in [7, 11) is 1.64. The summed E-state index contributed by atoms with van der Waals surface area (Å²) in [6.07, 6.45) is 3.01. The van der Waals surface area contributed by atoms with Gasteiger partial charge >= 0.3 is 0 Å². The lowest BCUT2D eigenvalue weighted by Gasteiger charge is -2.35. The van der Waals surface area contributed by atoms with E-state index in [1.807, 2.05) is 24.3 Å². The van der Waals surface area contributed by atoms with Crippen LogP contribution in [0.5, 0.6) is 0 Å². The van der Waals surface area contributed by atoms with Gasteiger partial charge in [-0.25, -0.2) is 0 Å². The molecule has 6 heteroatoms. The van der Waals surface area contributed by atoms with Crippen molar-refractivity contribution in [3.63, 3.8) is 0 Å². The highest BCUT2D eigenvalue weighted by molar-refractivity contribution is 5.98. The molecule has 2 fully saturated rings. The van der Waals surface area contributed by atoms with Gasteiger partial charge in [-0.05, 0) is 50.6 Å². The van der Waals surface area contributed by atoms with Crippen molar-refractivity contribution in [3.8, 4) is 0 Å². The highest BCUT2D eigenvalue weighted by atomic mass is 16.5. The summed E-state index contributed by atoms with van der Waals surface area (Å²) in [5.74, 6) is 0.142. The SMILES string of the molecule is COCC1(C(=O)Nc2cccc(N3CCCC3=O)c2)CCNCC1. The highest BCUT2D eigenvalue weighted by Gasteiger charge is 2.39. The Balaban J connectivity index is 1.75. The zero-order chi connectivity index (χ0) is 17.0. The van der Waals surface area contributed by atoms with Crippen molar-refractivity contribution >= 4 is 23.2 Å². The lowest BCUT2D eigenvalue weighted by atomic mass is 9.78. The Morgan fingerprint density at radius 3 is 2.83 bits per heavy atom. The normalized spacial score (nSPS) is 20.2. The highest BCUT2D eigenvalue weighted by Crippen LogP contribution is 2.32. The van der Waals surface area contributed by atoms with Crippen molar-refractivity contribution in [1.29, 1.82) is 0 Å². The van der Waals surface area contributed by atoms with Crippen LogP contribution in [0, 0.1) is 5.41 Å². The van der Waals surface area contributed by atoms with E-state index in [0.717, 1.165) is 50.3 Å². The number of hydrogen-bond acceptors (Lipinski definition) is 4. The molecular formula is C18H25N3O3. The predicted octanol–water partition coefficient (Wildman–Crippen LogP) is 1.77. The fourth-order valence-corrected chi connectivity index (χ4v) is 3.55. The molecule has 0 atom stereocenters. The summed E-state index contributed by atoms with van der Waals surface area (Å²) in [4.78, 5) is 26.6. The second-order valence-corrected chi connectivity index (χ2v) is 6.62. The maximum Gasteiger partial charge on any atom is 0.233 e. The van der Waals surface area contributed by atoms with E-state index in [2.05, 4.69) is 10.6 Å². The summed E-state index contributed by atoms with van der Waals surface area (Å²) in [5, 5.41) is 6.32. The lowest BCUT2D eigenvalue weighted by Crippen LogP contribution is -2.47. The molecule has 1 aromatic rings. The molecule has 0 unspecified atom stereocenters. The second kappa shape index (κ2) is 7.32. The first-order valence-corrected chi connectivity index (χ1v) is 8.56. The molecule has 2 aliphatic rings. The molecule has 2 amide bonds. The third kappa shape index (κ3) is 3.44. The molecule has 0 bridgehead atoms. The molecule has 2 aliphatic heterocycles. The minimum absolute atomic E-state index is 0.00394.